The molecule has 13 N–H and O–H groups in total. The summed E-state index contributed by atoms with van der Waals surface area (Å²) in [6.45, 7) is -2.12. The second kappa shape index (κ2) is 11.6. The molecule has 0 spiro atoms. The van der Waals surface area contributed by atoms with Gasteiger partial charge in [-0.3, -0.25) is 5.32 Å². The molecular weight excluding hydrogens is 468 g/mol. The van der Waals surface area contributed by atoms with Gasteiger partial charge in [-0.1, -0.05) is 0 Å². The molecule has 0 amide bonds. The lowest BCUT2D eigenvalue weighted by Crippen LogP contribution is -2.71. The first kappa shape index (κ1) is 27.9. The monoisotopic (exact) mass is 502 g/mol. The van der Waals surface area contributed by atoms with Gasteiger partial charge in [0.1, 0.15) is 67.3 Å². The molecule has 3 fully saturated rings. The van der Waals surface area contributed by atoms with Crippen LogP contribution in [-0.2, 0) is 18.9 Å². The maximum absolute atomic E-state index is 10.9. The second-order valence-corrected chi connectivity index (χ2v) is 8.56. The van der Waals surface area contributed by atoms with Gasteiger partial charge in [-0.2, -0.15) is 0 Å². The molecule has 3 aliphatic heterocycles. The summed E-state index contributed by atoms with van der Waals surface area (Å²) >= 11 is 0. The smallest absolute Gasteiger partial charge is 0.176 e. The molecule has 0 radical (unpaired) electrons. The average Bonchev–Trinajstić information content (AvgIpc) is 2.82. The Kier molecular flexibility index (Phi) is 9.54. The number of aliphatic hydroxyl groups is 10. The van der Waals surface area contributed by atoms with Crippen LogP contribution in [0.2, 0.25) is 0 Å². The van der Waals surface area contributed by atoms with Crippen molar-refractivity contribution < 1.29 is 70.0 Å². The third-order valence-corrected chi connectivity index (χ3v) is 6.34. The largest absolute Gasteiger partial charge is 0.394 e. The molecular formula is C18H34N2O14. The van der Waals surface area contributed by atoms with Crippen molar-refractivity contribution in [3.63, 3.8) is 0 Å². The second-order valence-electron chi connectivity index (χ2n) is 8.56. The van der Waals surface area contributed by atoms with E-state index in [1.54, 1.807) is 0 Å². The molecule has 3 heterocycles. The van der Waals surface area contributed by atoms with E-state index in [2.05, 4.69) is 5.32 Å². The zero-order valence-electron chi connectivity index (χ0n) is 18.0. The molecule has 16 heteroatoms. The molecule has 34 heavy (non-hydrogen) atoms. The molecule has 3 rings (SSSR count). The number of nitrogens with one attached hydrogen (secondary N) is 1. The molecule has 3 saturated heterocycles. The first-order chi connectivity index (χ1) is 16.0. The fourth-order valence-corrected chi connectivity index (χ4v) is 4.24. The van der Waals surface area contributed by atoms with Gasteiger partial charge in [-0.05, 0) is 0 Å². The van der Waals surface area contributed by atoms with Crippen LogP contribution in [0, 0.1) is 0 Å². The molecule has 200 valence electrons. The van der Waals surface area contributed by atoms with Crippen molar-refractivity contribution in [2.24, 2.45) is 5.73 Å². The Labute approximate surface area is 193 Å². The topological polar surface area (TPSA) is 277 Å². The minimum Gasteiger partial charge on any atom is -0.394 e. The predicted octanol–water partition coefficient (Wildman–Crippen LogP) is -8.03. The Morgan fingerprint density at radius 1 is 0.647 bits per heavy atom. The summed E-state index contributed by atoms with van der Waals surface area (Å²) in [7, 11) is 0. The van der Waals surface area contributed by atoms with Gasteiger partial charge in [-0.15, -0.1) is 0 Å². The van der Waals surface area contributed by atoms with Crippen molar-refractivity contribution in [3.05, 3.63) is 0 Å². The summed E-state index contributed by atoms with van der Waals surface area (Å²) in [4.78, 5) is 0. The molecule has 0 aliphatic carbocycles. The maximum Gasteiger partial charge on any atom is 0.176 e. The molecule has 3 aliphatic rings. The molecule has 0 saturated carbocycles. The van der Waals surface area contributed by atoms with Gasteiger partial charge in [-0.25, -0.2) is 0 Å². The average molecular weight is 502 g/mol. The number of hydrogen-bond donors (Lipinski definition) is 12. The molecule has 16 nitrogen and oxygen atoms in total. The predicted molar refractivity (Wildman–Crippen MR) is 105 cm³/mol. The SMILES string of the molecule is N[C@H]1[C@H](O[C@H]2[C@H](O)[C@@H](N[C@@H]3O[C@H](CO)[C@@H](O)[C@H](O)[C@H]3O)[C@H](O)O[C@@H]2CO)O[C@H](CO)[C@@H](O)[C@@H]1O. The number of aliphatic hydroxyl groups excluding tert-OH is 10. The van der Waals surface area contributed by atoms with Crippen LogP contribution in [0.5, 0.6) is 0 Å². The lowest BCUT2D eigenvalue weighted by molar-refractivity contribution is -0.330. The van der Waals surface area contributed by atoms with E-state index in [9.17, 15) is 51.1 Å². The van der Waals surface area contributed by atoms with Crippen molar-refractivity contribution >= 4 is 0 Å². The van der Waals surface area contributed by atoms with Crippen LogP contribution < -0.4 is 11.1 Å². The Hall–Kier alpha value is -0.640. The van der Waals surface area contributed by atoms with E-state index < -0.39 is 112 Å². The highest BCUT2D eigenvalue weighted by Crippen LogP contribution is 2.29. The van der Waals surface area contributed by atoms with Crippen molar-refractivity contribution in [1.29, 1.82) is 0 Å². The Morgan fingerprint density at radius 3 is 1.79 bits per heavy atom. The van der Waals surface area contributed by atoms with E-state index in [0.29, 0.717) is 0 Å². The van der Waals surface area contributed by atoms with Gasteiger partial charge in [0.25, 0.3) is 0 Å². The van der Waals surface area contributed by atoms with Crippen LogP contribution in [0.3, 0.4) is 0 Å². The number of hydrogen-bond acceptors (Lipinski definition) is 16. The van der Waals surface area contributed by atoms with Crippen LogP contribution >= 0.6 is 0 Å². The van der Waals surface area contributed by atoms with Crippen LogP contribution in [0.4, 0.5) is 0 Å². The molecule has 15 atom stereocenters. The minimum atomic E-state index is -1.78. The quantitative estimate of drug-likeness (QED) is 0.154. The molecule has 0 unspecified atom stereocenters. The minimum absolute atomic E-state index is 0.683. The lowest BCUT2D eigenvalue weighted by Gasteiger charge is -2.48. The fourth-order valence-electron chi connectivity index (χ4n) is 4.24. The van der Waals surface area contributed by atoms with E-state index in [-0.39, 0.29) is 0 Å². The third-order valence-electron chi connectivity index (χ3n) is 6.34. The van der Waals surface area contributed by atoms with Gasteiger partial charge < -0.3 is 75.7 Å². The van der Waals surface area contributed by atoms with Crippen molar-refractivity contribution in [2.45, 2.75) is 91.9 Å². The highest BCUT2D eigenvalue weighted by Gasteiger charge is 2.52. The highest BCUT2D eigenvalue weighted by atomic mass is 16.7. The van der Waals surface area contributed by atoms with E-state index in [4.69, 9.17) is 24.7 Å². The number of ether oxygens (including phenoxy) is 4. The van der Waals surface area contributed by atoms with E-state index in [1.165, 1.54) is 0 Å². The molecule has 0 bridgehead atoms. The van der Waals surface area contributed by atoms with Crippen molar-refractivity contribution in [2.75, 3.05) is 19.8 Å². The van der Waals surface area contributed by atoms with E-state index in [1.807, 2.05) is 0 Å². The van der Waals surface area contributed by atoms with Crippen molar-refractivity contribution in [3.8, 4) is 0 Å². The molecule has 0 aromatic carbocycles. The lowest BCUT2D eigenvalue weighted by atomic mass is 9.93. The van der Waals surface area contributed by atoms with E-state index in [0.717, 1.165) is 0 Å². The highest BCUT2D eigenvalue weighted by molar-refractivity contribution is 4.99. The van der Waals surface area contributed by atoms with Crippen LogP contribution in [-0.4, -0.2) is 163 Å². The summed E-state index contributed by atoms with van der Waals surface area (Å²) < 4.78 is 21.6. The summed E-state index contributed by atoms with van der Waals surface area (Å²) in [6.07, 6.45) is -19.9. The molecule has 0 aromatic rings. The van der Waals surface area contributed by atoms with Crippen molar-refractivity contribution in [1.82, 2.24) is 5.32 Å². The molecule has 0 aromatic heterocycles. The van der Waals surface area contributed by atoms with Gasteiger partial charge in [0.2, 0.25) is 0 Å². The summed E-state index contributed by atoms with van der Waals surface area (Å²) in [5.41, 5.74) is 5.85. The standard InChI is InChI=1S/C18H34N2O14/c19-7-11(26)9(24)5(2-22)33-18(7)34-15-6(3-23)32-17(30)8(12(15)27)20-16-14(29)13(28)10(25)4(1-21)31-16/h4-18,20-30H,1-3,19H2/t4-,5-,6-,7-,8-,9-,10-,11-,12-,13+,14-,15-,16-,17-,18+/m1/s1. The summed E-state index contributed by atoms with van der Waals surface area (Å²) in [6, 6.07) is -2.79. The summed E-state index contributed by atoms with van der Waals surface area (Å²) in [5.74, 6) is 0. The van der Waals surface area contributed by atoms with Crippen LogP contribution in [0.1, 0.15) is 0 Å². The number of rotatable bonds is 7. The fraction of sp³-hybridized carbons (Fsp3) is 1.00. The number of nitrogens with two attached hydrogens (primary N) is 1. The van der Waals surface area contributed by atoms with Gasteiger partial charge in [0, 0.05) is 0 Å². The first-order valence-electron chi connectivity index (χ1n) is 10.8. The van der Waals surface area contributed by atoms with Gasteiger partial charge >= 0.3 is 0 Å². The third kappa shape index (κ3) is 5.37. The zero-order valence-corrected chi connectivity index (χ0v) is 18.0. The van der Waals surface area contributed by atoms with Gasteiger partial charge in [0.15, 0.2) is 12.6 Å². The normalized spacial score (nSPS) is 52.5. The Balaban J connectivity index is 1.76. The van der Waals surface area contributed by atoms with Gasteiger partial charge in [0.05, 0.1) is 31.9 Å². The van der Waals surface area contributed by atoms with Crippen LogP contribution in [0.25, 0.3) is 0 Å². The van der Waals surface area contributed by atoms with Crippen LogP contribution in [0.15, 0.2) is 0 Å². The Bertz CT molecular complexity index is 646. The Morgan fingerprint density at radius 2 is 1.21 bits per heavy atom. The zero-order chi connectivity index (χ0) is 25.3. The summed E-state index contributed by atoms with van der Waals surface area (Å²) in [5, 5.41) is 102. The first-order valence-corrected chi connectivity index (χ1v) is 10.8. The van der Waals surface area contributed by atoms with E-state index >= 15 is 0 Å². The maximum atomic E-state index is 10.9.